The Labute approximate surface area is 90.2 Å². The molecule has 1 heteroatoms. The number of rotatable bonds is 7. The van der Waals surface area contributed by atoms with E-state index in [4.69, 9.17) is 0 Å². The Bertz CT molecular complexity index is 155. The van der Waals surface area contributed by atoms with Crippen molar-refractivity contribution in [3.63, 3.8) is 0 Å². The fourth-order valence-corrected chi connectivity index (χ4v) is 1.84. The predicted molar refractivity (Wildman–Crippen MR) is 65.3 cm³/mol. The third-order valence-electron chi connectivity index (χ3n) is 2.91. The van der Waals surface area contributed by atoms with Gasteiger partial charge in [0.25, 0.3) is 0 Å². The highest BCUT2D eigenvalue weighted by molar-refractivity contribution is 4.98. The predicted octanol–water partition coefficient (Wildman–Crippen LogP) is 4.06. The molecule has 0 saturated carbocycles. The van der Waals surface area contributed by atoms with Gasteiger partial charge in [-0.2, -0.15) is 0 Å². The lowest BCUT2D eigenvalue weighted by atomic mass is 10.0. The van der Waals surface area contributed by atoms with Crippen LogP contribution in [0.1, 0.15) is 53.4 Å². The molecule has 0 heterocycles. The molecule has 0 saturated heterocycles. The van der Waals surface area contributed by atoms with Crippen molar-refractivity contribution in [3.05, 3.63) is 12.3 Å². The van der Waals surface area contributed by atoms with Gasteiger partial charge in [0.15, 0.2) is 0 Å². The maximum atomic E-state index is 4.17. The third kappa shape index (κ3) is 4.17. The first-order valence-electron chi connectivity index (χ1n) is 5.96. The van der Waals surface area contributed by atoms with Crippen LogP contribution in [-0.4, -0.2) is 18.0 Å². The van der Waals surface area contributed by atoms with Gasteiger partial charge in [-0.25, -0.2) is 0 Å². The first-order chi connectivity index (χ1) is 6.54. The smallest absolute Gasteiger partial charge is 0.0283 e. The summed E-state index contributed by atoms with van der Waals surface area (Å²) in [6, 6.07) is 0.694. The van der Waals surface area contributed by atoms with E-state index < -0.39 is 0 Å². The van der Waals surface area contributed by atoms with Gasteiger partial charge in [0.1, 0.15) is 0 Å². The van der Waals surface area contributed by atoms with Crippen LogP contribution in [0.5, 0.6) is 0 Å². The molecule has 0 rings (SSSR count). The van der Waals surface area contributed by atoms with Crippen LogP contribution in [0.4, 0.5) is 0 Å². The molecule has 0 radical (unpaired) electrons. The molecule has 0 aliphatic heterocycles. The van der Waals surface area contributed by atoms with Crippen molar-refractivity contribution in [1.29, 1.82) is 0 Å². The molecule has 84 valence electrons. The van der Waals surface area contributed by atoms with E-state index >= 15 is 0 Å². The van der Waals surface area contributed by atoms with Crippen LogP contribution in [0.25, 0.3) is 0 Å². The Morgan fingerprint density at radius 1 is 1.14 bits per heavy atom. The monoisotopic (exact) mass is 197 g/mol. The van der Waals surface area contributed by atoms with Gasteiger partial charge >= 0.3 is 0 Å². The molecule has 0 atom stereocenters. The van der Waals surface area contributed by atoms with E-state index in [-0.39, 0.29) is 0 Å². The number of hydrogen-bond acceptors (Lipinski definition) is 1. The molecule has 0 aromatic rings. The minimum atomic E-state index is 0.566. The summed E-state index contributed by atoms with van der Waals surface area (Å²) >= 11 is 0. The highest BCUT2D eigenvalue weighted by Crippen LogP contribution is 2.19. The van der Waals surface area contributed by atoms with Gasteiger partial charge in [-0.15, -0.1) is 0 Å². The highest BCUT2D eigenvalue weighted by Gasteiger charge is 2.15. The summed E-state index contributed by atoms with van der Waals surface area (Å²) in [4.78, 5) is 2.39. The molecular formula is C13H27N. The summed E-state index contributed by atoms with van der Waals surface area (Å²) in [6.07, 6.45) is 5.10. The zero-order valence-electron chi connectivity index (χ0n) is 10.6. The quantitative estimate of drug-likeness (QED) is 0.595. The summed E-state index contributed by atoms with van der Waals surface area (Å²) in [5, 5.41) is 0. The Morgan fingerprint density at radius 2 is 1.57 bits per heavy atom. The number of hydrogen-bond donors (Lipinski definition) is 0. The van der Waals surface area contributed by atoms with E-state index in [9.17, 15) is 0 Å². The van der Waals surface area contributed by atoms with Crippen LogP contribution < -0.4 is 0 Å². The normalized spacial score (nSPS) is 11.1. The first kappa shape index (κ1) is 13.5. The summed E-state index contributed by atoms with van der Waals surface area (Å²) in [5.41, 5.74) is 1.27. The van der Waals surface area contributed by atoms with E-state index in [0.717, 1.165) is 0 Å². The first-order valence-corrected chi connectivity index (χ1v) is 5.96. The molecule has 0 amide bonds. The molecule has 0 unspecified atom stereocenters. The maximum absolute atomic E-state index is 4.17. The molecule has 14 heavy (non-hydrogen) atoms. The number of allylic oxidation sites excluding steroid dienone is 1. The van der Waals surface area contributed by atoms with E-state index in [2.05, 4.69) is 46.2 Å². The van der Waals surface area contributed by atoms with Crippen LogP contribution in [0.3, 0.4) is 0 Å². The van der Waals surface area contributed by atoms with Gasteiger partial charge in [0.05, 0.1) is 0 Å². The third-order valence-corrected chi connectivity index (χ3v) is 2.91. The highest BCUT2D eigenvalue weighted by atomic mass is 15.1. The molecule has 0 aromatic carbocycles. The van der Waals surface area contributed by atoms with Crippen molar-refractivity contribution in [2.45, 2.75) is 59.4 Å². The second-order valence-electron chi connectivity index (χ2n) is 4.49. The van der Waals surface area contributed by atoms with Gasteiger partial charge in [0.2, 0.25) is 0 Å². The fraction of sp³-hybridized carbons (Fsp3) is 0.846. The lowest BCUT2D eigenvalue weighted by molar-refractivity contribution is 0.249. The lowest BCUT2D eigenvalue weighted by Crippen LogP contribution is -2.32. The van der Waals surface area contributed by atoms with Crippen LogP contribution in [-0.2, 0) is 0 Å². The molecule has 0 aliphatic carbocycles. The van der Waals surface area contributed by atoms with Crippen molar-refractivity contribution < 1.29 is 0 Å². The molecular weight excluding hydrogens is 170 g/mol. The van der Waals surface area contributed by atoms with Gasteiger partial charge in [-0.3, -0.25) is 0 Å². The Balaban J connectivity index is 4.26. The molecule has 0 fully saturated rings. The maximum Gasteiger partial charge on any atom is 0.0283 e. The average molecular weight is 197 g/mol. The Hall–Kier alpha value is -0.460. The standard InChI is InChI=1S/C13H27N/c1-7-9-13(10-8-2)14(6)12(5)11(3)4/h11,13H,5,7-10H2,1-4,6H3. The average Bonchev–Trinajstić information content (AvgIpc) is 2.15. The SMILES string of the molecule is C=C(C(C)C)N(C)C(CCC)CCC. The van der Waals surface area contributed by atoms with E-state index in [1.54, 1.807) is 0 Å². The molecule has 0 spiro atoms. The summed E-state index contributed by atoms with van der Waals surface area (Å²) in [6.45, 7) is 13.1. The number of nitrogens with zero attached hydrogens (tertiary/aromatic N) is 1. The minimum absolute atomic E-state index is 0.566. The zero-order chi connectivity index (χ0) is 11.1. The van der Waals surface area contributed by atoms with Crippen LogP contribution >= 0.6 is 0 Å². The van der Waals surface area contributed by atoms with Gasteiger partial charge in [-0.05, 0) is 18.8 Å². The van der Waals surface area contributed by atoms with Crippen molar-refractivity contribution in [2.24, 2.45) is 5.92 Å². The second kappa shape index (κ2) is 6.92. The largest absolute Gasteiger partial charge is 0.375 e. The molecule has 0 N–H and O–H groups in total. The topological polar surface area (TPSA) is 3.24 Å². The van der Waals surface area contributed by atoms with Crippen LogP contribution in [0.15, 0.2) is 12.3 Å². The van der Waals surface area contributed by atoms with Crippen molar-refractivity contribution in [1.82, 2.24) is 4.90 Å². The summed E-state index contributed by atoms with van der Waals surface area (Å²) in [7, 11) is 2.19. The molecule has 0 aliphatic rings. The Morgan fingerprint density at radius 3 is 1.86 bits per heavy atom. The van der Waals surface area contributed by atoms with Crippen molar-refractivity contribution in [2.75, 3.05) is 7.05 Å². The van der Waals surface area contributed by atoms with Gasteiger partial charge in [0, 0.05) is 18.8 Å². The minimum Gasteiger partial charge on any atom is -0.375 e. The zero-order valence-corrected chi connectivity index (χ0v) is 10.6. The van der Waals surface area contributed by atoms with Crippen molar-refractivity contribution >= 4 is 0 Å². The van der Waals surface area contributed by atoms with E-state index in [0.29, 0.717) is 12.0 Å². The van der Waals surface area contributed by atoms with Gasteiger partial charge in [-0.1, -0.05) is 47.1 Å². The van der Waals surface area contributed by atoms with Crippen LogP contribution in [0, 0.1) is 5.92 Å². The fourth-order valence-electron chi connectivity index (χ4n) is 1.84. The summed E-state index contributed by atoms with van der Waals surface area (Å²) in [5.74, 6) is 0.566. The van der Waals surface area contributed by atoms with E-state index in [1.165, 1.54) is 31.4 Å². The van der Waals surface area contributed by atoms with Crippen molar-refractivity contribution in [3.8, 4) is 0 Å². The molecule has 1 nitrogen and oxygen atoms in total. The molecule has 0 bridgehead atoms. The molecule has 0 aromatic heterocycles. The van der Waals surface area contributed by atoms with E-state index in [1.807, 2.05) is 0 Å². The lowest BCUT2D eigenvalue weighted by Gasteiger charge is -2.33. The van der Waals surface area contributed by atoms with Gasteiger partial charge < -0.3 is 4.90 Å². The van der Waals surface area contributed by atoms with Crippen LogP contribution in [0.2, 0.25) is 0 Å². The summed E-state index contributed by atoms with van der Waals surface area (Å²) < 4.78 is 0. The Kier molecular flexibility index (Phi) is 6.69. The second-order valence-corrected chi connectivity index (χ2v) is 4.49.